The third-order valence-electron chi connectivity index (χ3n) is 2.44. The van der Waals surface area contributed by atoms with Gasteiger partial charge < -0.3 is 0 Å². The van der Waals surface area contributed by atoms with E-state index in [0.717, 1.165) is 19.3 Å². The minimum absolute atomic E-state index is 0.00231. The third kappa shape index (κ3) is 3.69. The Hall–Kier alpha value is -0.170. The van der Waals surface area contributed by atoms with Crippen molar-refractivity contribution in [2.45, 2.75) is 37.9 Å². The fraction of sp³-hybridized carbons (Fsp3) is 0.800. The molecule has 1 heterocycles. The average Bonchev–Trinajstić information content (AvgIpc) is 2.54. The molecule has 1 amide bonds. The largest absolute Gasteiger partial charge is 0.297 e. The normalized spacial score (nSPS) is 20.9. The van der Waals surface area contributed by atoms with E-state index in [2.05, 4.69) is 11.8 Å². The van der Waals surface area contributed by atoms with Gasteiger partial charge in [0.2, 0.25) is 5.91 Å². The average molecular weight is 263 g/mol. The van der Waals surface area contributed by atoms with Crippen molar-refractivity contribution < 1.29 is 14.9 Å². The van der Waals surface area contributed by atoms with Crippen LogP contribution < -0.4 is 0 Å². The number of rotatable bonds is 7. The predicted octanol–water partition coefficient (Wildman–Crippen LogP) is 2.29. The molecule has 6 heteroatoms. The van der Waals surface area contributed by atoms with Gasteiger partial charge in [0.15, 0.2) is 0 Å². The molecule has 1 unspecified atom stereocenters. The van der Waals surface area contributed by atoms with Crippen molar-refractivity contribution in [1.82, 2.24) is 4.90 Å². The smallest absolute Gasteiger partial charge is 0.241 e. The molecular formula is C10H17NO3S2. The molecule has 0 radical (unpaired) electrons. The summed E-state index contributed by atoms with van der Waals surface area (Å²) in [5, 5.41) is 8.20. The van der Waals surface area contributed by atoms with Gasteiger partial charge in [-0.3, -0.25) is 15.0 Å². The molecule has 1 rings (SSSR count). The fourth-order valence-corrected chi connectivity index (χ4v) is 3.15. The number of carbonyl (C=O) groups is 1. The maximum Gasteiger partial charge on any atom is 0.241 e. The van der Waals surface area contributed by atoms with Crippen LogP contribution >= 0.6 is 24.0 Å². The van der Waals surface area contributed by atoms with Gasteiger partial charge in [-0.25, -0.2) is 4.89 Å². The minimum atomic E-state index is 0.00231. The Morgan fingerprint density at radius 2 is 2.31 bits per heavy atom. The quantitative estimate of drug-likeness (QED) is 0.330. The van der Waals surface area contributed by atoms with Gasteiger partial charge in [-0.1, -0.05) is 43.7 Å². The van der Waals surface area contributed by atoms with Crippen LogP contribution in [0.2, 0.25) is 0 Å². The number of thiocarbonyl (C=S) groups is 1. The first kappa shape index (κ1) is 13.9. The number of unbranched alkanes of at least 4 members (excludes halogenated alkanes) is 1. The summed E-state index contributed by atoms with van der Waals surface area (Å²) in [6.07, 6.45) is 3.64. The zero-order valence-corrected chi connectivity index (χ0v) is 11.0. The molecule has 1 saturated heterocycles. The van der Waals surface area contributed by atoms with Gasteiger partial charge in [0.05, 0.1) is 11.9 Å². The van der Waals surface area contributed by atoms with E-state index in [4.69, 9.17) is 17.5 Å². The second-order valence-electron chi connectivity index (χ2n) is 3.69. The number of nitrogens with zero attached hydrogens (tertiary/aromatic N) is 1. The maximum atomic E-state index is 11.9. The molecule has 0 aromatic carbocycles. The summed E-state index contributed by atoms with van der Waals surface area (Å²) < 4.78 is 0.657. The van der Waals surface area contributed by atoms with Crippen LogP contribution in [0, 0.1) is 0 Å². The van der Waals surface area contributed by atoms with E-state index in [0.29, 0.717) is 17.3 Å². The number of carbonyl (C=O) groups excluding carboxylic acids is 1. The highest BCUT2D eigenvalue weighted by Crippen LogP contribution is 2.30. The van der Waals surface area contributed by atoms with Crippen LogP contribution in [-0.2, 0) is 9.68 Å². The first-order valence-electron chi connectivity index (χ1n) is 5.49. The van der Waals surface area contributed by atoms with E-state index in [-0.39, 0.29) is 17.8 Å². The van der Waals surface area contributed by atoms with Crippen LogP contribution in [0.3, 0.4) is 0 Å². The highest BCUT2D eigenvalue weighted by molar-refractivity contribution is 8.24. The summed E-state index contributed by atoms with van der Waals surface area (Å²) in [6, 6.07) is 0. The fourth-order valence-electron chi connectivity index (χ4n) is 1.56. The van der Waals surface area contributed by atoms with E-state index in [1.165, 1.54) is 11.8 Å². The summed E-state index contributed by atoms with van der Waals surface area (Å²) in [4.78, 5) is 17.5. The van der Waals surface area contributed by atoms with E-state index in [1.807, 2.05) is 0 Å². The Bertz CT molecular complexity index is 260. The van der Waals surface area contributed by atoms with Crippen molar-refractivity contribution in [1.29, 1.82) is 0 Å². The van der Waals surface area contributed by atoms with Crippen molar-refractivity contribution in [3.05, 3.63) is 0 Å². The van der Waals surface area contributed by atoms with Crippen LogP contribution in [0.15, 0.2) is 0 Å². The molecular weight excluding hydrogens is 246 g/mol. The number of thioether (sulfide) groups is 1. The molecule has 4 nitrogen and oxygen atoms in total. The summed E-state index contributed by atoms with van der Waals surface area (Å²) in [6.45, 7) is 2.88. The predicted molar refractivity (Wildman–Crippen MR) is 68.4 cm³/mol. The summed E-state index contributed by atoms with van der Waals surface area (Å²) in [5.41, 5.74) is 0. The summed E-state index contributed by atoms with van der Waals surface area (Å²) in [7, 11) is 0. The Balaban J connectivity index is 2.41. The van der Waals surface area contributed by atoms with Crippen molar-refractivity contribution in [2.75, 3.05) is 13.2 Å². The lowest BCUT2D eigenvalue weighted by Gasteiger charge is -2.14. The van der Waals surface area contributed by atoms with Gasteiger partial charge in [0, 0.05) is 6.54 Å². The highest BCUT2D eigenvalue weighted by atomic mass is 32.2. The van der Waals surface area contributed by atoms with E-state index in [1.54, 1.807) is 4.90 Å². The van der Waals surface area contributed by atoms with Crippen molar-refractivity contribution >= 4 is 34.2 Å². The second kappa shape index (κ2) is 7.21. The Morgan fingerprint density at radius 1 is 1.56 bits per heavy atom. The van der Waals surface area contributed by atoms with Gasteiger partial charge in [0.1, 0.15) is 4.32 Å². The molecule has 1 atom stereocenters. The Labute approximate surface area is 105 Å². The van der Waals surface area contributed by atoms with Crippen LogP contribution in [0.1, 0.15) is 32.6 Å². The number of hydrogen-bond donors (Lipinski definition) is 1. The molecule has 0 aliphatic carbocycles. The Kier molecular flexibility index (Phi) is 6.26. The van der Waals surface area contributed by atoms with Crippen molar-refractivity contribution in [3.63, 3.8) is 0 Å². The molecule has 1 fully saturated rings. The third-order valence-corrected chi connectivity index (χ3v) is 4.10. The molecule has 0 aromatic rings. The van der Waals surface area contributed by atoms with Crippen molar-refractivity contribution in [3.8, 4) is 0 Å². The molecule has 16 heavy (non-hydrogen) atoms. The molecule has 0 bridgehead atoms. The zero-order chi connectivity index (χ0) is 12.0. The zero-order valence-electron chi connectivity index (χ0n) is 9.35. The summed E-state index contributed by atoms with van der Waals surface area (Å²) in [5.74, 6) is 0.112. The van der Waals surface area contributed by atoms with Crippen LogP contribution in [0.4, 0.5) is 0 Å². The lowest BCUT2D eigenvalue weighted by molar-refractivity contribution is -0.242. The topological polar surface area (TPSA) is 49.8 Å². The summed E-state index contributed by atoms with van der Waals surface area (Å²) >= 11 is 6.64. The molecule has 1 aliphatic heterocycles. The van der Waals surface area contributed by atoms with Gasteiger partial charge in [-0.15, -0.1) is 0 Å². The van der Waals surface area contributed by atoms with Gasteiger partial charge >= 0.3 is 0 Å². The maximum absolute atomic E-state index is 11.9. The molecule has 0 aromatic heterocycles. The monoisotopic (exact) mass is 263 g/mol. The van der Waals surface area contributed by atoms with Gasteiger partial charge in [0.25, 0.3) is 0 Å². The molecule has 0 spiro atoms. The SMILES string of the molecule is CCCCC1SC(=S)N(CCCOO)C1=O. The molecule has 0 saturated carbocycles. The van der Waals surface area contributed by atoms with Crippen LogP contribution in [0.25, 0.3) is 0 Å². The lowest BCUT2D eigenvalue weighted by Crippen LogP contribution is -2.32. The Morgan fingerprint density at radius 3 is 2.94 bits per heavy atom. The molecule has 1 N–H and O–H groups in total. The number of hydrogen-bond acceptors (Lipinski definition) is 5. The van der Waals surface area contributed by atoms with E-state index < -0.39 is 0 Å². The highest BCUT2D eigenvalue weighted by Gasteiger charge is 2.35. The second-order valence-corrected chi connectivity index (χ2v) is 5.53. The van der Waals surface area contributed by atoms with Crippen LogP contribution in [-0.4, -0.2) is 38.8 Å². The molecule has 92 valence electrons. The first-order valence-corrected chi connectivity index (χ1v) is 6.77. The minimum Gasteiger partial charge on any atom is -0.297 e. The number of amides is 1. The first-order chi connectivity index (χ1) is 7.70. The van der Waals surface area contributed by atoms with Gasteiger partial charge in [-0.05, 0) is 12.8 Å². The molecule has 1 aliphatic rings. The standard InChI is InChI=1S/C10H17NO3S2/c1-2-3-5-8-9(12)11(10(15)16-8)6-4-7-14-13/h8,13H,2-7H2,1H3. The van der Waals surface area contributed by atoms with Gasteiger partial charge in [-0.2, -0.15) is 0 Å². The lowest BCUT2D eigenvalue weighted by atomic mass is 10.2. The van der Waals surface area contributed by atoms with E-state index >= 15 is 0 Å². The van der Waals surface area contributed by atoms with Crippen molar-refractivity contribution in [2.24, 2.45) is 0 Å². The van der Waals surface area contributed by atoms with E-state index in [9.17, 15) is 4.79 Å². The van der Waals surface area contributed by atoms with Crippen LogP contribution in [0.5, 0.6) is 0 Å².